The summed E-state index contributed by atoms with van der Waals surface area (Å²) >= 11 is 2.08. The van der Waals surface area contributed by atoms with E-state index in [4.69, 9.17) is 0 Å². The Kier molecular flexibility index (Phi) is 3.62. The van der Waals surface area contributed by atoms with Crippen LogP contribution >= 0.6 is 22.6 Å². The molecule has 0 N–H and O–H groups in total. The number of methoxy groups -OCH3 is 1. The first-order valence-corrected chi connectivity index (χ1v) is 5.81. The average Bonchev–Trinajstić information content (AvgIpc) is 2.38. The van der Waals surface area contributed by atoms with Gasteiger partial charge in [0.15, 0.2) is 0 Å². The van der Waals surface area contributed by atoms with Gasteiger partial charge in [-0.3, -0.25) is 4.98 Å². The Morgan fingerprint density at radius 1 is 1.41 bits per heavy atom. The molecule has 0 radical (unpaired) electrons. The molecule has 5 nitrogen and oxygen atoms in total. The molecule has 2 aromatic rings. The fourth-order valence-corrected chi connectivity index (χ4v) is 1.71. The number of aromatic nitrogens is 3. The van der Waals surface area contributed by atoms with Crippen molar-refractivity contribution in [1.29, 1.82) is 0 Å². The number of hydrogen-bond donors (Lipinski definition) is 0. The number of ether oxygens (including phenoxy) is 1. The summed E-state index contributed by atoms with van der Waals surface area (Å²) in [5.74, 6) is -0.467. The molecule has 17 heavy (non-hydrogen) atoms. The van der Waals surface area contributed by atoms with E-state index in [0.717, 1.165) is 9.26 Å². The van der Waals surface area contributed by atoms with Crippen LogP contribution in [0.15, 0.2) is 30.7 Å². The van der Waals surface area contributed by atoms with E-state index in [1.165, 1.54) is 7.11 Å². The highest BCUT2D eigenvalue weighted by atomic mass is 127. The van der Waals surface area contributed by atoms with Crippen LogP contribution in [0.3, 0.4) is 0 Å². The minimum absolute atomic E-state index is 0.255. The molecule has 0 fully saturated rings. The quantitative estimate of drug-likeness (QED) is 0.617. The Hall–Kier alpha value is -1.57. The normalized spacial score (nSPS) is 10.0. The number of pyridine rings is 1. The topological polar surface area (TPSA) is 65.0 Å². The van der Waals surface area contributed by atoms with Gasteiger partial charge in [-0.1, -0.05) is 0 Å². The van der Waals surface area contributed by atoms with Gasteiger partial charge in [0.2, 0.25) is 0 Å². The summed E-state index contributed by atoms with van der Waals surface area (Å²) in [4.78, 5) is 23.6. The monoisotopic (exact) mass is 341 g/mol. The Bertz CT molecular complexity index is 560. The van der Waals surface area contributed by atoms with Crippen molar-refractivity contribution in [3.8, 4) is 11.3 Å². The highest BCUT2D eigenvalue weighted by Crippen LogP contribution is 2.17. The fraction of sp³-hybridized carbons (Fsp3) is 0.0909. The number of nitrogens with zero attached hydrogens (tertiary/aromatic N) is 3. The molecule has 0 spiro atoms. The van der Waals surface area contributed by atoms with Crippen molar-refractivity contribution >= 4 is 28.6 Å². The van der Waals surface area contributed by atoms with E-state index < -0.39 is 5.97 Å². The maximum atomic E-state index is 11.3. The van der Waals surface area contributed by atoms with Crippen molar-refractivity contribution in [1.82, 2.24) is 15.0 Å². The van der Waals surface area contributed by atoms with Gasteiger partial charge in [-0.15, -0.1) is 0 Å². The van der Waals surface area contributed by atoms with E-state index in [2.05, 4.69) is 42.3 Å². The zero-order valence-electron chi connectivity index (χ0n) is 8.92. The molecule has 0 aromatic carbocycles. The van der Waals surface area contributed by atoms with Gasteiger partial charge < -0.3 is 4.74 Å². The van der Waals surface area contributed by atoms with Crippen molar-refractivity contribution < 1.29 is 9.53 Å². The molecule has 0 amide bonds. The molecule has 0 unspecified atom stereocenters. The molecule has 0 aliphatic carbocycles. The number of carbonyl (C=O) groups is 1. The van der Waals surface area contributed by atoms with Crippen molar-refractivity contribution in [2.24, 2.45) is 0 Å². The number of carbonyl (C=O) groups excluding carboxylic acids is 1. The molecule has 6 heteroatoms. The van der Waals surface area contributed by atoms with Crippen LogP contribution in [-0.4, -0.2) is 28.0 Å². The maximum Gasteiger partial charge on any atom is 0.356 e. The predicted octanol–water partition coefficient (Wildman–Crippen LogP) is 1.93. The van der Waals surface area contributed by atoms with Gasteiger partial charge in [0.05, 0.1) is 25.2 Å². The minimum Gasteiger partial charge on any atom is -0.464 e. The maximum absolute atomic E-state index is 11.3. The summed E-state index contributed by atoms with van der Waals surface area (Å²) in [7, 11) is 1.32. The lowest BCUT2D eigenvalue weighted by atomic mass is 10.2. The van der Waals surface area contributed by atoms with Crippen LogP contribution < -0.4 is 0 Å². The Morgan fingerprint density at radius 2 is 2.24 bits per heavy atom. The fourth-order valence-electron chi connectivity index (χ4n) is 1.29. The number of esters is 1. The Labute approximate surface area is 111 Å². The predicted molar refractivity (Wildman–Crippen MR) is 69.3 cm³/mol. The van der Waals surface area contributed by atoms with Crippen molar-refractivity contribution in [2.45, 2.75) is 0 Å². The molecule has 0 aliphatic heterocycles. The van der Waals surface area contributed by atoms with Gasteiger partial charge in [-0.2, -0.15) is 0 Å². The van der Waals surface area contributed by atoms with Crippen molar-refractivity contribution in [3.05, 3.63) is 40.1 Å². The molecule has 2 rings (SSSR count). The van der Waals surface area contributed by atoms with Crippen LogP contribution in [0.5, 0.6) is 0 Å². The van der Waals surface area contributed by atoms with Crippen molar-refractivity contribution in [3.63, 3.8) is 0 Å². The molecule has 86 valence electrons. The van der Waals surface area contributed by atoms with Crippen LogP contribution in [0.4, 0.5) is 0 Å². The highest BCUT2D eigenvalue weighted by molar-refractivity contribution is 14.1. The second kappa shape index (κ2) is 5.17. The molecule has 2 heterocycles. The van der Waals surface area contributed by atoms with E-state index >= 15 is 0 Å². The smallest absolute Gasteiger partial charge is 0.356 e. The molecule has 0 aliphatic rings. The van der Waals surface area contributed by atoms with Gasteiger partial charge in [0, 0.05) is 11.8 Å². The van der Waals surface area contributed by atoms with Crippen LogP contribution in [0, 0.1) is 3.70 Å². The van der Waals surface area contributed by atoms with E-state index in [1.54, 1.807) is 30.7 Å². The number of rotatable bonds is 2. The summed E-state index contributed by atoms with van der Waals surface area (Å²) < 4.78 is 5.40. The molecular formula is C11H8IN3O2. The third-order valence-corrected chi connectivity index (χ3v) is 2.58. The summed E-state index contributed by atoms with van der Waals surface area (Å²) in [5.41, 5.74) is 1.74. The van der Waals surface area contributed by atoms with Crippen LogP contribution in [0.1, 0.15) is 10.5 Å². The average molecular weight is 341 g/mol. The van der Waals surface area contributed by atoms with Gasteiger partial charge in [-0.25, -0.2) is 14.8 Å². The summed E-state index contributed by atoms with van der Waals surface area (Å²) in [6.45, 7) is 0. The van der Waals surface area contributed by atoms with Gasteiger partial charge in [-0.05, 0) is 34.7 Å². The van der Waals surface area contributed by atoms with E-state index in [-0.39, 0.29) is 5.69 Å². The SMILES string of the molecule is COC(=O)c1cc(-c2cncc(I)n2)ccn1. The molecule has 0 bridgehead atoms. The lowest BCUT2D eigenvalue weighted by Gasteiger charge is -2.02. The zero-order chi connectivity index (χ0) is 12.3. The summed E-state index contributed by atoms with van der Waals surface area (Å²) in [6, 6.07) is 3.40. The van der Waals surface area contributed by atoms with Crippen LogP contribution in [-0.2, 0) is 4.74 Å². The first-order chi connectivity index (χ1) is 8.20. The first kappa shape index (κ1) is 11.9. The van der Waals surface area contributed by atoms with Crippen LogP contribution in [0.2, 0.25) is 0 Å². The molecule has 0 saturated carbocycles. The lowest BCUT2D eigenvalue weighted by molar-refractivity contribution is 0.0594. The summed E-state index contributed by atoms with van der Waals surface area (Å²) in [5, 5.41) is 0. The van der Waals surface area contributed by atoms with E-state index in [9.17, 15) is 4.79 Å². The Morgan fingerprint density at radius 3 is 2.94 bits per heavy atom. The third kappa shape index (κ3) is 2.76. The number of halogens is 1. The highest BCUT2D eigenvalue weighted by Gasteiger charge is 2.09. The van der Waals surface area contributed by atoms with Crippen molar-refractivity contribution in [2.75, 3.05) is 7.11 Å². The van der Waals surface area contributed by atoms with E-state index in [1.807, 2.05) is 0 Å². The second-order valence-corrected chi connectivity index (χ2v) is 4.25. The number of hydrogen-bond acceptors (Lipinski definition) is 5. The Balaban J connectivity index is 2.43. The molecule has 0 saturated heterocycles. The van der Waals surface area contributed by atoms with Crippen LogP contribution in [0.25, 0.3) is 11.3 Å². The molecular weight excluding hydrogens is 333 g/mol. The van der Waals surface area contributed by atoms with Gasteiger partial charge in [0.1, 0.15) is 9.39 Å². The third-order valence-electron chi connectivity index (χ3n) is 2.06. The first-order valence-electron chi connectivity index (χ1n) is 4.73. The summed E-state index contributed by atoms with van der Waals surface area (Å²) in [6.07, 6.45) is 4.84. The lowest BCUT2D eigenvalue weighted by Crippen LogP contribution is -2.04. The molecule has 2 aromatic heterocycles. The molecule has 0 atom stereocenters. The standard InChI is InChI=1S/C11H8IN3O2/c1-17-11(16)8-4-7(2-3-14-8)9-5-13-6-10(12)15-9/h2-6H,1H3. The second-order valence-electron chi connectivity index (χ2n) is 3.15. The zero-order valence-corrected chi connectivity index (χ0v) is 11.1. The van der Waals surface area contributed by atoms with Gasteiger partial charge >= 0.3 is 5.97 Å². The largest absolute Gasteiger partial charge is 0.464 e. The van der Waals surface area contributed by atoms with E-state index in [0.29, 0.717) is 5.69 Å². The van der Waals surface area contributed by atoms with Gasteiger partial charge in [0.25, 0.3) is 0 Å². The minimum atomic E-state index is -0.467.